The maximum absolute atomic E-state index is 13.6. The Morgan fingerprint density at radius 3 is 2.42 bits per heavy atom. The second-order valence-corrected chi connectivity index (χ2v) is 6.65. The predicted molar refractivity (Wildman–Crippen MR) is 94.9 cm³/mol. The van der Waals surface area contributed by atoms with Gasteiger partial charge in [-0.2, -0.15) is 26.3 Å². The number of anilines is 2. The molecule has 0 saturated carbocycles. The number of nitrogens with two attached hydrogens (primary N) is 1. The number of likely N-dealkylation sites (N-methyl/N-ethyl adjacent to an activating group) is 1. The molecule has 0 unspecified atom stereocenters. The Balaban J connectivity index is 2.35. The Kier molecular flexibility index (Phi) is 7.16. The fraction of sp³-hybridized carbons (Fsp3) is 0.471. The molecule has 8 nitrogen and oxygen atoms in total. The fourth-order valence-electron chi connectivity index (χ4n) is 2.96. The van der Waals surface area contributed by atoms with E-state index in [9.17, 15) is 40.7 Å². The molecule has 172 valence electrons. The van der Waals surface area contributed by atoms with Crippen LogP contribution in [0.25, 0.3) is 0 Å². The molecule has 1 aromatic rings. The Hall–Kier alpha value is -2.87. The number of carbonyl (C=O) groups is 3. The molecule has 0 radical (unpaired) electrons. The van der Waals surface area contributed by atoms with Crippen LogP contribution in [0.5, 0.6) is 0 Å². The van der Waals surface area contributed by atoms with Gasteiger partial charge >= 0.3 is 12.4 Å². The first-order valence-corrected chi connectivity index (χ1v) is 8.67. The number of halogens is 6. The molecular formula is C17H18F6N4O4. The van der Waals surface area contributed by atoms with Crippen molar-refractivity contribution in [2.24, 2.45) is 5.73 Å². The highest BCUT2D eigenvalue weighted by Crippen LogP contribution is 2.37. The summed E-state index contributed by atoms with van der Waals surface area (Å²) in [4.78, 5) is 37.0. The van der Waals surface area contributed by atoms with E-state index >= 15 is 0 Å². The highest BCUT2D eigenvalue weighted by Gasteiger charge is 2.39. The lowest BCUT2D eigenvalue weighted by Gasteiger charge is -2.28. The predicted octanol–water partition coefficient (Wildman–Crippen LogP) is 1.36. The molecule has 1 aliphatic heterocycles. The summed E-state index contributed by atoms with van der Waals surface area (Å²) in [6.45, 7) is -1.89. The van der Waals surface area contributed by atoms with Crippen LogP contribution in [0.4, 0.5) is 37.7 Å². The number of nitrogens with zero attached hydrogens (tertiary/aromatic N) is 2. The maximum Gasteiger partial charge on any atom is 0.418 e. The molecule has 3 amide bonds. The molecule has 1 heterocycles. The third-order valence-corrected chi connectivity index (χ3v) is 4.25. The number of hydrogen-bond donors (Lipinski definition) is 2. The standard InChI is InChI=1S/C17H18F6N4O4/c1-26(8-16(18,19)20)13(14(24)29)15(30)25-11-3-2-9(6-10(11)17(21,22)23)27-4-5-31-7-12(27)28/h2-3,6,13H,4-5,7-8H2,1H3,(H2,24,29)(H,25,30)/t13-/m1/s1. The second-order valence-electron chi connectivity index (χ2n) is 6.65. The van der Waals surface area contributed by atoms with Gasteiger partial charge in [-0.1, -0.05) is 0 Å². The van der Waals surface area contributed by atoms with Gasteiger partial charge in [-0.25, -0.2) is 0 Å². The summed E-state index contributed by atoms with van der Waals surface area (Å²) in [6.07, 6.45) is -9.78. The van der Waals surface area contributed by atoms with Gasteiger partial charge in [-0.3, -0.25) is 19.3 Å². The number of ether oxygens (including phenoxy) is 1. The number of carbonyl (C=O) groups excluding carboxylic acids is 3. The molecule has 0 spiro atoms. The normalized spacial score (nSPS) is 16.4. The number of nitrogens with one attached hydrogen (secondary N) is 1. The third-order valence-electron chi connectivity index (χ3n) is 4.25. The zero-order valence-electron chi connectivity index (χ0n) is 16.0. The molecule has 31 heavy (non-hydrogen) atoms. The lowest BCUT2D eigenvalue weighted by molar-refractivity contribution is -0.154. The minimum Gasteiger partial charge on any atom is -0.370 e. The zero-order valence-corrected chi connectivity index (χ0v) is 16.0. The third kappa shape index (κ3) is 6.30. The number of alkyl halides is 6. The van der Waals surface area contributed by atoms with Crippen molar-refractivity contribution in [2.75, 3.05) is 43.6 Å². The number of rotatable bonds is 6. The highest BCUT2D eigenvalue weighted by atomic mass is 19.4. The van der Waals surface area contributed by atoms with Gasteiger partial charge in [0.2, 0.25) is 5.91 Å². The van der Waals surface area contributed by atoms with Crippen molar-refractivity contribution in [3.8, 4) is 0 Å². The van der Waals surface area contributed by atoms with Gasteiger partial charge in [0.1, 0.15) is 6.61 Å². The largest absolute Gasteiger partial charge is 0.418 e. The summed E-state index contributed by atoms with van der Waals surface area (Å²) in [5, 5.41) is 1.81. The van der Waals surface area contributed by atoms with Crippen molar-refractivity contribution in [3.05, 3.63) is 23.8 Å². The average Bonchev–Trinajstić information content (AvgIpc) is 2.59. The summed E-state index contributed by atoms with van der Waals surface area (Å²) in [5.74, 6) is -3.52. The first kappa shape index (κ1) is 24.4. The zero-order chi connectivity index (χ0) is 23.6. The molecule has 14 heteroatoms. The summed E-state index contributed by atoms with van der Waals surface area (Å²) >= 11 is 0. The minimum absolute atomic E-state index is 0.00776. The molecule has 1 aliphatic rings. The van der Waals surface area contributed by atoms with E-state index in [1.165, 1.54) is 0 Å². The Bertz CT molecular complexity index is 858. The number of amides is 3. The van der Waals surface area contributed by atoms with Gasteiger partial charge in [0.25, 0.3) is 11.8 Å². The van der Waals surface area contributed by atoms with Gasteiger partial charge < -0.3 is 20.7 Å². The van der Waals surface area contributed by atoms with E-state index in [4.69, 9.17) is 10.5 Å². The van der Waals surface area contributed by atoms with E-state index < -0.39 is 53.9 Å². The fourth-order valence-corrected chi connectivity index (χ4v) is 2.96. The van der Waals surface area contributed by atoms with Crippen LogP contribution in [0.15, 0.2) is 18.2 Å². The Labute approximate surface area is 171 Å². The Morgan fingerprint density at radius 1 is 1.26 bits per heavy atom. The maximum atomic E-state index is 13.6. The first-order chi connectivity index (χ1) is 14.2. The van der Waals surface area contributed by atoms with Crippen LogP contribution in [0.1, 0.15) is 5.56 Å². The molecule has 1 atom stereocenters. The number of hydrogen-bond acceptors (Lipinski definition) is 5. The van der Waals surface area contributed by atoms with E-state index in [2.05, 4.69) is 0 Å². The summed E-state index contributed by atoms with van der Waals surface area (Å²) < 4.78 is 83.3. The number of primary amides is 1. The number of benzene rings is 1. The van der Waals surface area contributed by atoms with E-state index in [0.717, 1.165) is 24.1 Å². The van der Waals surface area contributed by atoms with Crippen molar-refractivity contribution >= 4 is 29.1 Å². The molecule has 0 bridgehead atoms. The summed E-state index contributed by atoms with van der Waals surface area (Å²) in [5.41, 5.74) is 2.70. The van der Waals surface area contributed by atoms with E-state index in [1.807, 2.05) is 5.32 Å². The van der Waals surface area contributed by atoms with E-state index in [0.29, 0.717) is 6.07 Å². The van der Waals surface area contributed by atoms with Gasteiger partial charge in [0.15, 0.2) is 6.04 Å². The lowest BCUT2D eigenvalue weighted by Crippen LogP contribution is -2.53. The molecular weight excluding hydrogens is 438 g/mol. The van der Waals surface area contributed by atoms with Crippen LogP contribution in [0.3, 0.4) is 0 Å². The molecule has 1 fully saturated rings. The SMILES string of the molecule is CN(CC(F)(F)F)[C@H](C(N)=O)C(=O)Nc1ccc(N2CCOCC2=O)cc1C(F)(F)F. The van der Waals surface area contributed by atoms with Crippen LogP contribution in [-0.4, -0.2) is 68.2 Å². The van der Waals surface area contributed by atoms with Crippen LogP contribution in [0, 0.1) is 0 Å². The molecule has 2 rings (SSSR count). The second kappa shape index (κ2) is 9.09. The van der Waals surface area contributed by atoms with E-state index in [1.54, 1.807) is 0 Å². The van der Waals surface area contributed by atoms with Crippen LogP contribution in [-0.2, 0) is 25.3 Å². The average molecular weight is 456 g/mol. The molecule has 3 N–H and O–H groups in total. The quantitative estimate of drug-likeness (QED) is 0.497. The smallest absolute Gasteiger partial charge is 0.370 e. The van der Waals surface area contributed by atoms with Crippen molar-refractivity contribution in [3.63, 3.8) is 0 Å². The topological polar surface area (TPSA) is 105 Å². The van der Waals surface area contributed by atoms with Gasteiger partial charge in [-0.05, 0) is 25.2 Å². The van der Waals surface area contributed by atoms with E-state index in [-0.39, 0.29) is 30.3 Å². The van der Waals surface area contributed by atoms with Crippen LogP contribution in [0.2, 0.25) is 0 Å². The minimum atomic E-state index is -4.99. The van der Waals surface area contributed by atoms with Crippen molar-refractivity contribution in [2.45, 2.75) is 18.4 Å². The van der Waals surface area contributed by atoms with Crippen LogP contribution >= 0.6 is 0 Å². The van der Waals surface area contributed by atoms with Crippen molar-refractivity contribution in [1.82, 2.24) is 4.90 Å². The van der Waals surface area contributed by atoms with Gasteiger partial charge in [0, 0.05) is 12.2 Å². The van der Waals surface area contributed by atoms with Crippen LogP contribution < -0.4 is 16.0 Å². The van der Waals surface area contributed by atoms with Crippen molar-refractivity contribution < 1.29 is 45.5 Å². The summed E-state index contributed by atoms with van der Waals surface area (Å²) in [6, 6.07) is 0.383. The number of morpholine rings is 1. The molecule has 1 saturated heterocycles. The summed E-state index contributed by atoms with van der Waals surface area (Å²) in [7, 11) is 0.778. The molecule has 0 aromatic heterocycles. The highest BCUT2D eigenvalue weighted by molar-refractivity contribution is 6.10. The lowest BCUT2D eigenvalue weighted by atomic mass is 10.1. The molecule has 1 aromatic carbocycles. The van der Waals surface area contributed by atoms with Crippen molar-refractivity contribution in [1.29, 1.82) is 0 Å². The molecule has 0 aliphatic carbocycles. The van der Waals surface area contributed by atoms with Gasteiger partial charge in [-0.15, -0.1) is 0 Å². The monoisotopic (exact) mass is 456 g/mol. The van der Waals surface area contributed by atoms with Gasteiger partial charge in [0.05, 0.1) is 24.4 Å². The first-order valence-electron chi connectivity index (χ1n) is 8.67. The Morgan fingerprint density at radius 2 is 1.90 bits per heavy atom.